The van der Waals surface area contributed by atoms with Gasteiger partial charge in [0.2, 0.25) is 0 Å². The van der Waals surface area contributed by atoms with Crippen LogP contribution < -0.4 is 4.74 Å². The predicted octanol–water partition coefficient (Wildman–Crippen LogP) is 4.32. The highest BCUT2D eigenvalue weighted by Gasteiger charge is 2.22. The van der Waals surface area contributed by atoms with Crippen LogP contribution in [0.4, 0.5) is 0 Å². The Labute approximate surface area is 187 Å². The molecule has 0 aliphatic carbocycles. The zero-order valence-electron chi connectivity index (χ0n) is 18.3. The van der Waals surface area contributed by atoms with Crippen LogP contribution >= 0.6 is 11.5 Å². The fourth-order valence-corrected chi connectivity index (χ4v) is 4.19. The predicted molar refractivity (Wildman–Crippen MR) is 123 cm³/mol. The molecule has 1 saturated heterocycles. The first-order chi connectivity index (χ1) is 15.0. The first-order valence-electron chi connectivity index (χ1n) is 10.7. The summed E-state index contributed by atoms with van der Waals surface area (Å²) < 4.78 is 10.5. The quantitative estimate of drug-likeness (QED) is 0.576. The van der Waals surface area contributed by atoms with Gasteiger partial charge in [-0.05, 0) is 43.7 Å². The van der Waals surface area contributed by atoms with Crippen molar-refractivity contribution >= 4 is 17.4 Å². The Morgan fingerprint density at radius 3 is 2.52 bits per heavy atom. The molecule has 162 valence electrons. The summed E-state index contributed by atoms with van der Waals surface area (Å²) in [5.74, 6) is 1.44. The number of likely N-dealkylation sites (N-methyl/N-ethyl adjacent to an activating group) is 1. The van der Waals surface area contributed by atoms with Crippen molar-refractivity contribution in [3.8, 4) is 10.9 Å². The molecule has 2 aromatic carbocycles. The molecule has 0 unspecified atom stereocenters. The lowest BCUT2D eigenvalue weighted by Gasteiger charge is -2.34. The minimum Gasteiger partial charge on any atom is -0.430 e. The third-order valence-corrected chi connectivity index (χ3v) is 6.30. The molecule has 0 bridgehead atoms. The third kappa shape index (κ3) is 5.29. The van der Waals surface area contributed by atoms with Crippen LogP contribution in [0.1, 0.15) is 39.8 Å². The van der Waals surface area contributed by atoms with E-state index in [0.717, 1.165) is 44.1 Å². The molecule has 7 heteroatoms. The molecular formula is C24H28N4O2S. The number of amides is 1. The second-order valence-corrected chi connectivity index (χ2v) is 8.66. The number of carbonyl (C=O) groups excluding carboxylic acids is 1. The standard InChI is InChI=1S/C24H28N4O2S/c1-4-27-11-13-28(14-12-27)23(29)20-10-7-18(3)21(16-20)30-24-25-22(26-31-24)15-19-8-5-17(2)6-9-19/h5-10,16H,4,11-15H2,1-3H3. The van der Waals surface area contributed by atoms with Crippen LogP contribution in [0.3, 0.4) is 0 Å². The minimum absolute atomic E-state index is 0.0536. The maximum atomic E-state index is 13.0. The molecule has 3 aromatic rings. The van der Waals surface area contributed by atoms with Gasteiger partial charge in [-0.1, -0.05) is 42.8 Å². The SMILES string of the molecule is CCN1CCN(C(=O)c2ccc(C)c(Oc3nc(Cc4ccc(C)cc4)ns3)c2)CC1. The van der Waals surface area contributed by atoms with E-state index in [1.807, 2.05) is 30.0 Å². The molecule has 2 heterocycles. The molecule has 0 saturated carbocycles. The van der Waals surface area contributed by atoms with Crippen molar-refractivity contribution in [2.75, 3.05) is 32.7 Å². The molecule has 1 aromatic heterocycles. The summed E-state index contributed by atoms with van der Waals surface area (Å²) in [6, 6.07) is 14.0. The Morgan fingerprint density at radius 1 is 1.06 bits per heavy atom. The lowest BCUT2D eigenvalue weighted by Crippen LogP contribution is -2.48. The number of aromatic nitrogens is 2. The Balaban J connectivity index is 1.44. The number of aryl methyl sites for hydroxylation is 2. The minimum atomic E-state index is 0.0536. The molecule has 0 atom stereocenters. The van der Waals surface area contributed by atoms with Gasteiger partial charge in [-0.2, -0.15) is 9.36 Å². The van der Waals surface area contributed by atoms with E-state index in [1.54, 1.807) is 0 Å². The van der Waals surface area contributed by atoms with Gasteiger partial charge < -0.3 is 14.5 Å². The van der Waals surface area contributed by atoms with Crippen LogP contribution in [-0.2, 0) is 6.42 Å². The van der Waals surface area contributed by atoms with E-state index in [0.29, 0.717) is 22.9 Å². The molecule has 6 nitrogen and oxygen atoms in total. The fraction of sp³-hybridized carbons (Fsp3) is 0.375. The van der Waals surface area contributed by atoms with Gasteiger partial charge in [0.15, 0.2) is 5.82 Å². The van der Waals surface area contributed by atoms with E-state index < -0.39 is 0 Å². The van der Waals surface area contributed by atoms with Crippen molar-refractivity contribution in [2.24, 2.45) is 0 Å². The van der Waals surface area contributed by atoms with Crippen LogP contribution in [0, 0.1) is 13.8 Å². The van der Waals surface area contributed by atoms with Crippen LogP contribution in [-0.4, -0.2) is 57.8 Å². The van der Waals surface area contributed by atoms with Crippen molar-refractivity contribution in [3.63, 3.8) is 0 Å². The molecule has 1 aliphatic rings. The maximum Gasteiger partial charge on any atom is 0.298 e. The second-order valence-electron chi connectivity index (χ2n) is 7.95. The Hall–Kier alpha value is -2.77. The van der Waals surface area contributed by atoms with Crippen LogP contribution in [0.15, 0.2) is 42.5 Å². The number of ether oxygens (including phenoxy) is 1. The van der Waals surface area contributed by atoms with Crippen LogP contribution in [0.5, 0.6) is 10.9 Å². The smallest absolute Gasteiger partial charge is 0.298 e. The van der Waals surface area contributed by atoms with Crippen LogP contribution in [0.2, 0.25) is 0 Å². The fourth-order valence-electron chi connectivity index (χ4n) is 3.63. The molecule has 0 spiro atoms. The van der Waals surface area contributed by atoms with E-state index >= 15 is 0 Å². The van der Waals surface area contributed by atoms with E-state index in [9.17, 15) is 4.79 Å². The van der Waals surface area contributed by atoms with Gasteiger partial charge in [-0.15, -0.1) is 0 Å². The first kappa shape index (κ1) is 21.5. The number of hydrogen-bond acceptors (Lipinski definition) is 6. The van der Waals surface area contributed by atoms with Crippen molar-refractivity contribution in [1.82, 2.24) is 19.2 Å². The Morgan fingerprint density at radius 2 is 1.81 bits per heavy atom. The van der Waals surface area contributed by atoms with Gasteiger partial charge in [0.25, 0.3) is 11.1 Å². The number of benzene rings is 2. The summed E-state index contributed by atoms with van der Waals surface area (Å²) in [4.78, 5) is 21.8. The third-order valence-electron chi connectivity index (χ3n) is 5.67. The topological polar surface area (TPSA) is 58.6 Å². The molecule has 1 aliphatic heterocycles. The van der Waals surface area contributed by atoms with Gasteiger partial charge in [-0.3, -0.25) is 4.79 Å². The first-order valence-corrected chi connectivity index (χ1v) is 11.5. The zero-order valence-corrected chi connectivity index (χ0v) is 19.1. The normalized spacial score (nSPS) is 14.6. The van der Waals surface area contributed by atoms with Gasteiger partial charge in [0, 0.05) is 49.7 Å². The van der Waals surface area contributed by atoms with Gasteiger partial charge >= 0.3 is 0 Å². The van der Waals surface area contributed by atoms with E-state index in [1.165, 1.54) is 22.7 Å². The van der Waals surface area contributed by atoms with Crippen LogP contribution in [0.25, 0.3) is 0 Å². The highest BCUT2D eigenvalue weighted by molar-refractivity contribution is 7.07. The lowest BCUT2D eigenvalue weighted by molar-refractivity contribution is 0.0643. The molecule has 1 fully saturated rings. The summed E-state index contributed by atoms with van der Waals surface area (Å²) in [7, 11) is 0. The van der Waals surface area contributed by atoms with Gasteiger partial charge in [-0.25, -0.2) is 0 Å². The van der Waals surface area contributed by atoms with E-state index in [4.69, 9.17) is 4.74 Å². The van der Waals surface area contributed by atoms with Crippen molar-refractivity contribution in [3.05, 3.63) is 70.5 Å². The highest BCUT2D eigenvalue weighted by Crippen LogP contribution is 2.28. The lowest BCUT2D eigenvalue weighted by atomic mass is 10.1. The van der Waals surface area contributed by atoms with E-state index in [2.05, 4.69) is 52.4 Å². The van der Waals surface area contributed by atoms with Gasteiger partial charge in [0.05, 0.1) is 0 Å². The maximum absolute atomic E-state index is 13.0. The highest BCUT2D eigenvalue weighted by atomic mass is 32.1. The summed E-state index contributed by atoms with van der Waals surface area (Å²) in [6.45, 7) is 10.6. The molecule has 0 radical (unpaired) electrons. The largest absolute Gasteiger partial charge is 0.430 e. The summed E-state index contributed by atoms with van der Waals surface area (Å²) in [5, 5.41) is 0.492. The number of piperazine rings is 1. The summed E-state index contributed by atoms with van der Waals surface area (Å²) in [6.07, 6.45) is 0.668. The van der Waals surface area contributed by atoms with Crippen molar-refractivity contribution in [1.29, 1.82) is 0 Å². The Kier molecular flexibility index (Phi) is 6.63. The number of carbonyl (C=O) groups is 1. The Bertz CT molecular complexity index is 1040. The van der Waals surface area contributed by atoms with Crippen molar-refractivity contribution in [2.45, 2.75) is 27.2 Å². The molecule has 0 N–H and O–H groups in total. The van der Waals surface area contributed by atoms with E-state index in [-0.39, 0.29) is 5.91 Å². The summed E-state index contributed by atoms with van der Waals surface area (Å²) >= 11 is 1.24. The average Bonchev–Trinajstić information content (AvgIpc) is 3.23. The number of rotatable bonds is 6. The molecular weight excluding hydrogens is 408 g/mol. The zero-order chi connectivity index (χ0) is 21.8. The monoisotopic (exact) mass is 436 g/mol. The number of nitrogens with zero attached hydrogens (tertiary/aromatic N) is 4. The molecule has 31 heavy (non-hydrogen) atoms. The molecule has 4 rings (SSSR count). The average molecular weight is 437 g/mol. The number of hydrogen-bond donors (Lipinski definition) is 0. The summed E-state index contributed by atoms with van der Waals surface area (Å²) in [5.41, 5.74) is 4.01. The molecule has 1 amide bonds. The van der Waals surface area contributed by atoms with Gasteiger partial charge in [0.1, 0.15) is 5.75 Å². The second kappa shape index (κ2) is 9.58. The van der Waals surface area contributed by atoms with Crippen molar-refractivity contribution < 1.29 is 9.53 Å².